The van der Waals surface area contributed by atoms with Crippen LogP contribution in [0.15, 0.2) is 24.3 Å². The molecule has 0 spiro atoms. The second-order valence-corrected chi connectivity index (χ2v) is 5.71. The van der Waals surface area contributed by atoms with Crippen LogP contribution in [0.5, 0.6) is 5.75 Å². The van der Waals surface area contributed by atoms with Crippen molar-refractivity contribution in [3.8, 4) is 17.1 Å². The SMILES string of the molecule is COc1ccc(-c2nc(NN)cc(C(C)(C)C)n2)cc1F. The lowest BCUT2D eigenvalue weighted by molar-refractivity contribution is 0.386. The van der Waals surface area contributed by atoms with E-state index in [1.165, 1.54) is 13.2 Å². The number of nitrogens with zero attached hydrogens (tertiary/aromatic N) is 2. The fourth-order valence-electron chi connectivity index (χ4n) is 1.84. The van der Waals surface area contributed by atoms with E-state index in [1.54, 1.807) is 18.2 Å². The smallest absolute Gasteiger partial charge is 0.165 e. The first-order chi connectivity index (χ1) is 9.85. The van der Waals surface area contributed by atoms with Gasteiger partial charge in [0, 0.05) is 17.0 Å². The van der Waals surface area contributed by atoms with Crippen molar-refractivity contribution in [2.45, 2.75) is 26.2 Å². The van der Waals surface area contributed by atoms with E-state index in [-0.39, 0.29) is 11.2 Å². The molecule has 0 aliphatic rings. The third kappa shape index (κ3) is 3.28. The first-order valence-electron chi connectivity index (χ1n) is 6.55. The number of rotatable bonds is 3. The Morgan fingerprint density at radius 3 is 2.43 bits per heavy atom. The average molecular weight is 290 g/mol. The van der Waals surface area contributed by atoms with E-state index in [1.807, 2.05) is 20.8 Å². The molecule has 0 aliphatic heterocycles. The Kier molecular flexibility index (Phi) is 4.09. The van der Waals surface area contributed by atoms with Crippen molar-refractivity contribution in [3.63, 3.8) is 0 Å². The van der Waals surface area contributed by atoms with Crippen LogP contribution in [0.1, 0.15) is 26.5 Å². The summed E-state index contributed by atoms with van der Waals surface area (Å²) in [6.45, 7) is 6.11. The molecule has 1 heterocycles. The van der Waals surface area contributed by atoms with Crippen LogP contribution in [0.2, 0.25) is 0 Å². The van der Waals surface area contributed by atoms with Gasteiger partial charge < -0.3 is 10.2 Å². The lowest BCUT2D eigenvalue weighted by Crippen LogP contribution is -2.17. The van der Waals surface area contributed by atoms with Crippen molar-refractivity contribution in [2.24, 2.45) is 5.84 Å². The molecule has 21 heavy (non-hydrogen) atoms. The lowest BCUT2D eigenvalue weighted by Gasteiger charge is -2.19. The van der Waals surface area contributed by atoms with Gasteiger partial charge in [0.2, 0.25) is 0 Å². The van der Waals surface area contributed by atoms with Gasteiger partial charge in [-0.15, -0.1) is 0 Å². The predicted molar refractivity (Wildman–Crippen MR) is 80.5 cm³/mol. The number of nitrogens with one attached hydrogen (secondary N) is 1. The predicted octanol–water partition coefficient (Wildman–Crippen LogP) is 2.87. The fourth-order valence-corrected chi connectivity index (χ4v) is 1.84. The number of methoxy groups -OCH3 is 1. The zero-order valence-corrected chi connectivity index (χ0v) is 12.6. The fraction of sp³-hybridized carbons (Fsp3) is 0.333. The van der Waals surface area contributed by atoms with E-state index in [0.717, 1.165) is 5.69 Å². The Hall–Kier alpha value is -2.21. The van der Waals surface area contributed by atoms with E-state index < -0.39 is 5.82 Å². The summed E-state index contributed by atoms with van der Waals surface area (Å²) < 4.78 is 18.7. The molecule has 112 valence electrons. The van der Waals surface area contributed by atoms with Crippen LogP contribution in [0, 0.1) is 5.82 Å². The highest BCUT2D eigenvalue weighted by atomic mass is 19.1. The Morgan fingerprint density at radius 1 is 1.19 bits per heavy atom. The Bertz CT molecular complexity index is 653. The zero-order chi connectivity index (χ0) is 15.6. The molecule has 0 bridgehead atoms. The van der Waals surface area contributed by atoms with E-state index >= 15 is 0 Å². The van der Waals surface area contributed by atoms with Crippen LogP contribution < -0.4 is 16.0 Å². The molecule has 0 unspecified atom stereocenters. The first kappa shape index (κ1) is 15.2. The van der Waals surface area contributed by atoms with Gasteiger partial charge in [-0.1, -0.05) is 20.8 Å². The number of benzene rings is 1. The van der Waals surface area contributed by atoms with Gasteiger partial charge in [0.05, 0.1) is 12.8 Å². The van der Waals surface area contributed by atoms with Crippen LogP contribution >= 0.6 is 0 Å². The molecule has 2 aromatic rings. The number of hydrazine groups is 1. The maximum absolute atomic E-state index is 13.8. The topological polar surface area (TPSA) is 73.1 Å². The van der Waals surface area contributed by atoms with Crippen LogP contribution in [0.25, 0.3) is 11.4 Å². The van der Waals surface area contributed by atoms with Gasteiger partial charge >= 0.3 is 0 Å². The minimum absolute atomic E-state index is 0.172. The number of anilines is 1. The number of hydrogen-bond acceptors (Lipinski definition) is 5. The largest absolute Gasteiger partial charge is 0.494 e. The molecular weight excluding hydrogens is 271 g/mol. The first-order valence-corrected chi connectivity index (χ1v) is 6.55. The van der Waals surface area contributed by atoms with Crippen LogP contribution in [-0.4, -0.2) is 17.1 Å². The van der Waals surface area contributed by atoms with Gasteiger partial charge in [-0.2, -0.15) is 0 Å². The molecule has 5 nitrogen and oxygen atoms in total. The van der Waals surface area contributed by atoms with Crippen molar-refractivity contribution in [2.75, 3.05) is 12.5 Å². The highest BCUT2D eigenvalue weighted by Gasteiger charge is 2.19. The van der Waals surface area contributed by atoms with Gasteiger partial charge in [-0.05, 0) is 18.2 Å². The van der Waals surface area contributed by atoms with Crippen molar-refractivity contribution in [3.05, 3.63) is 35.8 Å². The second-order valence-electron chi connectivity index (χ2n) is 5.71. The van der Waals surface area contributed by atoms with Gasteiger partial charge in [-0.25, -0.2) is 20.2 Å². The number of nitrogen functional groups attached to an aromatic ring is 1. The summed E-state index contributed by atoms with van der Waals surface area (Å²) in [5.74, 6) is 6.08. The van der Waals surface area contributed by atoms with Gasteiger partial charge in [0.1, 0.15) is 5.82 Å². The summed E-state index contributed by atoms with van der Waals surface area (Å²) in [6.07, 6.45) is 0. The minimum Gasteiger partial charge on any atom is -0.494 e. The molecule has 0 amide bonds. The molecule has 0 fully saturated rings. The average Bonchev–Trinajstić information content (AvgIpc) is 2.45. The Balaban J connectivity index is 2.55. The number of nitrogens with two attached hydrogens (primary N) is 1. The maximum atomic E-state index is 13.8. The molecule has 0 saturated heterocycles. The summed E-state index contributed by atoms with van der Waals surface area (Å²) in [5.41, 5.74) is 3.73. The number of ether oxygens (including phenoxy) is 1. The number of halogens is 1. The van der Waals surface area contributed by atoms with Gasteiger partial charge in [-0.3, -0.25) is 0 Å². The number of hydrogen-bond donors (Lipinski definition) is 2. The van der Waals surface area contributed by atoms with Gasteiger partial charge in [0.15, 0.2) is 17.4 Å². The summed E-state index contributed by atoms with van der Waals surface area (Å²) in [4.78, 5) is 8.78. The molecule has 0 saturated carbocycles. The molecule has 0 aliphatic carbocycles. The second kappa shape index (κ2) is 5.65. The van der Waals surface area contributed by atoms with Crippen molar-refractivity contribution < 1.29 is 9.13 Å². The quantitative estimate of drug-likeness (QED) is 0.671. The van der Waals surface area contributed by atoms with Gasteiger partial charge in [0.25, 0.3) is 0 Å². The lowest BCUT2D eigenvalue weighted by atomic mass is 9.92. The van der Waals surface area contributed by atoms with Crippen molar-refractivity contribution in [1.29, 1.82) is 0 Å². The Morgan fingerprint density at radius 2 is 1.90 bits per heavy atom. The molecular formula is C15H19FN4O. The van der Waals surface area contributed by atoms with Crippen molar-refractivity contribution in [1.82, 2.24) is 9.97 Å². The van der Waals surface area contributed by atoms with Crippen LogP contribution in [0.4, 0.5) is 10.2 Å². The summed E-state index contributed by atoms with van der Waals surface area (Å²) in [7, 11) is 1.42. The zero-order valence-electron chi connectivity index (χ0n) is 12.6. The van der Waals surface area contributed by atoms with E-state index in [4.69, 9.17) is 10.6 Å². The van der Waals surface area contributed by atoms with E-state index in [0.29, 0.717) is 17.2 Å². The van der Waals surface area contributed by atoms with E-state index in [9.17, 15) is 4.39 Å². The standard InChI is InChI=1S/C15H19FN4O/c1-15(2,3)12-8-13(20-17)19-14(18-12)9-5-6-11(21-4)10(16)7-9/h5-8H,17H2,1-4H3,(H,18,19,20). The molecule has 0 radical (unpaired) electrons. The molecule has 1 aromatic carbocycles. The minimum atomic E-state index is -0.456. The highest BCUT2D eigenvalue weighted by Crippen LogP contribution is 2.27. The van der Waals surface area contributed by atoms with Crippen LogP contribution in [0.3, 0.4) is 0 Å². The highest BCUT2D eigenvalue weighted by molar-refractivity contribution is 5.59. The molecule has 1 aromatic heterocycles. The number of aromatic nitrogens is 2. The Labute approximate surface area is 123 Å². The third-order valence-corrected chi connectivity index (χ3v) is 3.05. The van der Waals surface area contributed by atoms with E-state index in [2.05, 4.69) is 15.4 Å². The summed E-state index contributed by atoms with van der Waals surface area (Å²) >= 11 is 0. The third-order valence-electron chi connectivity index (χ3n) is 3.05. The summed E-state index contributed by atoms with van der Waals surface area (Å²) in [6, 6.07) is 6.39. The maximum Gasteiger partial charge on any atom is 0.165 e. The summed E-state index contributed by atoms with van der Waals surface area (Å²) in [5, 5.41) is 0. The normalized spacial score (nSPS) is 11.3. The monoisotopic (exact) mass is 290 g/mol. The molecule has 0 atom stereocenters. The van der Waals surface area contributed by atoms with Crippen molar-refractivity contribution >= 4 is 5.82 Å². The molecule has 2 rings (SSSR count). The molecule has 6 heteroatoms. The van der Waals surface area contributed by atoms with Crippen LogP contribution in [-0.2, 0) is 5.41 Å². The molecule has 3 N–H and O–H groups in total.